The Hall–Kier alpha value is -1.54. The van der Waals surface area contributed by atoms with Crippen LogP contribution in [0.5, 0.6) is 0 Å². The van der Waals surface area contributed by atoms with Crippen LogP contribution in [0.4, 0.5) is 0 Å². The quantitative estimate of drug-likeness (QED) is 0.864. The normalized spacial score (nSPS) is 12.6. The Morgan fingerprint density at radius 2 is 2.06 bits per heavy atom. The van der Waals surface area contributed by atoms with Crippen molar-refractivity contribution in [2.45, 2.75) is 33.2 Å². The van der Waals surface area contributed by atoms with Gasteiger partial charge in [-0.05, 0) is 50.1 Å². The van der Waals surface area contributed by atoms with Crippen LogP contribution in [0.15, 0.2) is 41.0 Å². The summed E-state index contributed by atoms with van der Waals surface area (Å²) < 4.78 is 5.53. The number of aryl methyl sites for hydroxylation is 2. The number of rotatable bonds is 5. The zero-order valence-corrected chi connectivity index (χ0v) is 11.4. The predicted octanol–water partition coefficient (Wildman–Crippen LogP) is 3.79. The van der Waals surface area contributed by atoms with Gasteiger partial charge in [-0.2, -0.15) is 0 Å². The molecule has 0 saturated heterocycles. The molecule has 1 aromatic carbocycles. The second-order valence-electron chi connectivity index (χ2n) is 4.76. The lowest BCUT2D eigenvalue weighted by Gasteiger charge is -2.17. The topological polar surface area (TPSA) is 25.2 Å². The van der Waals surface area contributed by atoms with Gasteiger partial charge in [-0.25, -0.2) is 0 Å². The third kappa shape index (κ3) is 3.02. The highest BCUT2D eigenvalue weighted by Gasteiger charge is 2.14. The van der Waals surface area contributed by atoms with Crippen molar-refractivity contribution in [2.24, 2.45) is 0 Å². The molecule has 18 heavy (non-hydrogen) atoms. The standard InChI is InChI=1S/C16H21NO/c1-4-17-15(16-6-5-9-18-16)11-14-10-12(2)7-8-13(14)3/h5-10,15,17H,4,11H2,1-3H3. The number of benzene rings is 1. The molecule has 2 nitrogen and oxygen atoms in total. The minimum Gasteiger partial charge on any atom is -0.468 e. The summed E-state index contributed by atoms with van der Waals surface area (Å²) in [6.07, 6.45) is 2.71. The smallest absolute Gasteiger partial charge is 0.121 e. The Bertz CT molecular complexity index is 488. The summed E-state index contributed by atoms with van der Waals surface area (Å²) in [5.74, 6) is 1.01. The van der Waals surface area contributed by atoms with E-state index in [1.54, 1.807) is 6.26 Å². The lowest BCUT2D eigenvalue weighted by atomic mass is 9.98. The van der Waals surface area contributed by atoms with Gasteiger partial charge in [0.1, 0.15) is 5.76 Å². The molecule has 0 fully saturated rings. The van der Waals surface area contributed by atoms with E-state index in [1.807, 2.05) is 12.1 Å². The average molecular weight is 243 g/mol. The highest BCUT2D eigenvalue weighted by atomic mass is 16.3. The van der Waals surface area contributed by atoms with Gasteiger partial charge in [-0.15, -0.1) is 0 Å². The van der Waals surface area contributed by atoms with E-state index in [0.717, 1.165) is 18.7 Å². The van der Waals surface area contributed by atoms with Crippen LogP contribution >= 0.6 is 0 Å². The Morgan fingerprint density at radius 1 is 1.22 bits per heavy atom. The highest BCUT2D eigenvalue weighted by molar-refractivity contribution is 5.31. The predicted molar refractivity (Wildman–Crippen MR) is 74.7 cm³/mol. The molecule has 1 N–H and O–H groups in total. The van der Waals surface area contributed by atoms with Crippen LogP contribution in [-0.4, -0.2) is 6.54 Å². The van der Waals surface area contributed by atoms with E-state index in [0.29, 0.717) is 0 Å². The van der Waals surface area contributed by atoms with Crippen molar-refractivity contribution in [3.8, 4) is 0 Å². The lowest BCUT2D eigenvalue weighted by molar-refractivity contribution is 0.416. The van der Waals surface area contributed by atoms with Crippen molar-refractivity contribution in [3.05, 3.63) is 59.0 Å². The van der Waals surface area contributed by atoms with Crippen molar-refractivity contribution >= 4 is 0 Å². The molecule has 0 aliphatic carbocycles. The van der Waals surface area contributed by atoms with Gasteiger partial charge in [-0.3, -0.25) is 0 Å². The zero-order chi connectivity index (χ0) is 13.0. The second kappa shape index (κ2) is 5.87. The van der Waals surface area contributed by atoms with Crippen LogP contribution in [0.2, 0.25) is 0 Å². The maximum Gasteiger partial charge on any atom is 0.121 e. The minimum absolute atomic E-state index is 0.255. The Kier molecular flexibility index (Phi) is 4.21. The fourth-order valence-electron chi connectivity index (χ4n) is 2.25. The van der Waals surface area contributed by atoms with Crippen molar-refractivity contribution in [1.82, 2.24) is 5.32 Å². The summed E-state index contributed by atoms with van der Waals surface area (Å²) in [6.45, 7) is 7.37. The summed E-state index contributed by atoms with van der Waals surface area (Å²) >= 11 is 0. The first-order valence-electron chi connectivity index (χ1n) is 6.53. The van der Waals surface area contributed by atoms with Gasteiger partial charge in [0, 0.05) is 0 Å². The van der Waals surface area contributed by atoms with E-state index in [9.17, 15) is 0 Å². The zero-order valence-electron chi connectivity index (χ0n) is 11.4. The van der Waals surface area contributed by atoms with Crippen LogP contribution in [0.25, 0.3) is 0 Å². The van der Waals surface area contributed by atoms with E-state index in [2.05, 4.69) is 44.3 Å². The molecule has 0 aliphatic rings. The van der Waals surface area contributed by atoms with Crippen molar-refractivity contribution in [3.63, 3.8) is 0 Å². The molecular weight excluding hydrogens is 222 g/mol. The molecule has 0 amide bonds. The molecule has 2 aromatic rings. The number of likely N-dealkylation sites (N-methyl/N-ethyl adjacent to an activating group) is 1. The van der Waals surface area contributed by atoms with Crippen LogP contribution in [0.3, 0.4) is 0 Å². The van der Waals surface area contributed by atoms with Crippen LogP contribution in [-0.2, 0) is 6.42 Å². The van der Waals surface area contributed by atoms with E-state index in [-0.39, 0.29) is 6.04 Å². The summed E-state index contributed by atoms with van der Waals surface area (Å²) in [5, 5.41) is 3.49. The molecule has 0 radical (unpaired) electrons. The molecule has 2 rings (SSSR count). The van der Waals surface area contributed by atoms with E-state index in [1.165, 1.54) is 16.7 Å². The second-order valence-corrected chi connectivity index (χ2v) is 4.76. The largest absolute Gasteiger partial charge is 0.468 e. The molecule has 0 bridgehead atoms. The molecule has 1 heterocycles. The molecular formula is C16H21NO. The Labute approximate surface area is 109 Å². The number of hydrogen-bond acceptors (Lipinski definition) is 2. The first-order chi connectivity index (χ1) is 8.70. The van der Waals surface area contributed by atoms with Crippen LogP contribution in [0, 0.1) is 13.8 Å². The Balaban J connectivity index is 2.21. The van der Waals surface area contributed by atoms with Gasteiger partial charge in [0.15, 0.2) is 0 Å². The van der Waals surface area contributed by atoms with Crippen molar-refractivity contribution in [2.75, 3.05) is 6.54 Å². The molecule has 1 atom stereocenters. The molecule has 96 valence electrons. The number of hydrogen-bond donors (Lipinski definition) is 1. The monoisotopic (exact) mass is 243 g/mol. The molecule has 1 unspecified atom stereocenters. The Morgan fingerprint density at radius 3 is 2.72 bits per heavy atom. The summed E-state index contributed by atoms with van der Waals surface area (Å²) in [4.78, 5) is 0. The highest BCUT2D eigenvalue weighted by Crippen LogP contribution is 2.21. The van der Waals surface area contributed by atoms with Crippen molar-refractivity contribution < 1.29 is 4.42 Å². The van der Waals surface area contributed by atoms with E-state index in [4.69, 9.17) is 4.42 Å². The summed E-state index contributed by atoms with van der Waals surface area (Å²) in [7, 11) is 0. The summed E-state index contributed by atoms with van der Waals surface area (Å²) in [6, 6.07) is 10.9. The minimum atomic E-state index is 0.255. The van der Waals surface area contributed by atoms with Crippen LogP contribution in [0.1, 0.15) is 35.4 Å². The molecule has 0 saturated carbocycles. The van der Waals surface area contributed by atoms with Crippen molar-refractivity contribution in [1.29, 1.82) is 0 Å². The third-order valence-corrected chi connectivity index (χ3v) is 3.27. The fraction of sp³-hybridized carbons (Fsp3) is 0.375. The summed E-state index contributed by atoms with van der Waals surface area (Å²) in [5.41, 5.74) is 4.04. The van der Waals surface area contributed by atoms with Crippen LogP contribution < -0.4 is 5.32 Å². The first-order valence-corrected chi connectivity index (χ1v) is 6.53. The maximum atomic E-state index is 5.53. The van der Waals surface area contributed by atoms with E-state index < -0.39 is 0 Å². The number of nitrogens with one attached hydrogen (secondary N) is 1. The van der Waals surface area contributed by atoms with Gasteiger partial charge < -0.3 is 9.73 Å². The average Bonchev–Trinajstić information content (AvgIpc) is 2.87. The molecule has 0 spiro atoms. The molecule has 1 aromatic heterocycles. The molecule has 2 heteroatoms. The first kappa shape index (κ1) is 12.9. The fourth-order valence-corrected chi connectivity index (χ4v) is 2.25. The third-order valence-electron chi connectivity index (χ3n) is 3.27. The van der Waals surface area contributed by atoms with Gasteiger partial charge >= 0.3 is 0 Å². The molecule has 0 aliphatic heterocycles. The van der Waals surface area contributed by atoms with Gasteiger partial charge in [0.05, 0.1) is 12.3 Å². The van der Waals surface area contributed by atoms with E-state index >= 15 is 0 Å². The maximum absolute atomic E-state index is 5.53. The van der Waals surface area contributed by atoms with Gasteiger partial charge in [0.25, 0.3) is 0 Å². The van der Waals surface area contributed by atoms with Gasteiger partial charge in [0.2, 0.25) is 0 Å². The van der Waals surface area contributed by atoms with Gasteiger partial charge in [-0.1, -0.05) is 30.7 Å². The SMILES string of the molecule is CCNC(Cc1cc(C)ccc1C)c1ccco1. The lowest BCUT2D eigenvalue weighted by Crippen LogP contribution is -2.22. The number of furan rings is 1.